The van der Waals surface area contributed by atoms with E-state index in [0.717, 1.165) is 6.42 Å². The summed E-state index contributed by atoms with van der Waals surface area (Å²) in [4.78, 5) is 13.1. The van der Waals surface area contributed by atoms with Crippen LogP contribution in [0.3, 0.4) is 0 Å². The van der Waals surface area contributed by atoms with Gasteiger partial charge >= 0.3 is 5.97 Å². The second-order valence-corrected chi connectivity index (χ2v) is 5.24. The Hall–Kier alpha value is -0.870. The molecule has 0 spiro atoms. The van der Waals surface area contributed by atoms with Gasteiger partial charge in [-0.25, -0.2) is 4.79 Å². The van der Waals surface area contributed by atoms with E-state index in [1.54, 1.807) is 0 Å². The maximum Gasteiger partial charge on any atom is 0.348 e. The molecule has 0 fully saturated rings. The Morgan fingerprint density at radius 1 is 1.53 bits per heavy atom. The summed E-state index contributed by atoms with van der Waals surface area (Å²) in [5, 5.41) is 3.23. The Balaban J connectivity index is 2.73. The van der Waals surface area contributed by atoms with Gasteiger partial charge in [-0.2, -0.15) is 0 Å². The topological polar surface area (TPSA) is 38.3 Å². The first-order valence-corrected chi connectivity index (χ1v) is 5.66. The molecule has 1 heterocycles. The van der Waals surface area contributed by atoms with E-state index in [0.29, 0.717) is 4.88 Å². The van der Waals surface area contributed by atoms with Gasteiger partial charge in [-0.15, -0.1) is 11.3 Å². The quantitative estimate of drug-likeness (QED) is 0.800. The Morgan fingerprint density at radius 3 is 2.73 bits per heavy atom. The number of hydrogen-bond acceptors (Lipinski definition) is 4. The summed E-state index contributed by atoms with van der Waals surface area (Å²) in [5.74, 6) is -0.256. The number of ether oxygens (including phenoxy) is 1. The monoisotopic (exact) mass is 227 g/mol. The predicted octanol–water partition coefficient (Wildman–Crippen LogP) is 2.08. The molecule has 0 aliphatic carbocycles. The van der Waals surface area contributed by atoms with E-state index in [9.17, 15) is 4.79 Å². The van der Waals surface area contributed by atoms with Crippen LogP contribution < -0.4 is 5.32 Å². The number of likely N-dealkylation sites (N-methyl/N-ethyl adjacent to an activating group) is 1. The molecule has 1 aromatic heterocycles. The average molecular weight is 227 g/mol. The Labute approximate surface area is 94.5 Å². The number of hydrogen-bond donors (Lipinski definition) is 1. The van der Waals surface area contributed by atoms with Crippen LogP contribution in [-0.4, -0.2) is 25.7 Å². The molecule has 3 nitrogen and oxygen atoms in total. The van der Waals surface area contributed by atoms with Gasteiger partial charge in [0.05, 0.1) is 7.11 Å². The Bertz CT molecular complexity index is 344. The number of rotatable bonds is 4. The molecular weight excluding hydrogens is 210 g/mol. The van der Waals surface area contributed by atoms with Crippen molar-refractivity contribution in [3.63, 3.8) is 0 Å². The number of carbonyl (C=O) groups excluding carboxylic acids is 1. The third kappa shape index (κ3) is 3.32. The molecule has 0 aliphatic rings. The lowest BCUT2D eigenvalue weighted by Gasteiger charge is -2.22. The van der Waals surface area contributed by atoms with Crippen LogP contribution in [0, 0.1) is 0 Å². The van der Waals surface area contributed by atoms with Crippen LogP contribution >= 0.6 is 11.3 Å². The minimum atomic E-state index is -0.256. The average Bonchev–Trinajstić information content (AvgIpc) is 2.64. The molecule has 0 aromatic carbocycles. The van der Waals surface area contributed by atoms with Gasteiger partial charge in [0.15, 0.2) is 0 Å². The summed E-state index contributed by atoms with van der Waals surface area (Å²) in [6, 6.07) is 3.80. The van der Waals surface area contributed by atoms with Crippen molar-refractivity contribution in [3.8, 4) is 0 Å². The smallest absolute Gasteiger partial charge is 0.348 e. The first-order valence-electron chi connectivity index (χ1n) is 4.84. The van der Waals surface area contributed by atoms with Crippen LogP contribution in [0.5, 0.6) is 0 Å². The predicted molar refractivity (Wildman–Crippen MR) is 62.5 cm³/mol. The van der Waals surface area contributed by atoms with Crippen molar-refractivity contribution in [2.45, 2.75) is 25.8 Å². The number of carbonyl (C=O) groups is 1. The van der Waals surface area contributed by atoms with Gasteiger partial charge in [-0.1, -0.05) is 0 Å². The number of methoxy groups -OCH3 is 1. The van der Waals surface area contributed by atoms with Gasteiger partial charge in [-0.05, 0) is 39.4 Å². The SMILES string of the molecule is CNC(C)(C)Cc1ccc(C(=O)OC)s1. The molecule has 1 rings (SSSR count). The van der Waals surface area contributed by atoms with Crippen LogP contribution in [0.4, 0.5) is 0 Å². The van der Waals surface area contributed by atoms with Gasteiger partial charge < -0.3 is 10.1 Å². The zero-order valence-electron chi connectivity index (χ0n) is 9.59. The minimum absolute atomic E-state index is 0.0538. The number of esters is 1. The van der Waals surface area contributed by atoms with Gasteiger partial charge in [0, 0.05) is 10.4 Å². The number of thiophene rings is 1. The van der Waals surface area contributed by atoms with Crippen LogP contribution in [0.25, 0.3) is 0 Å². The minimum Gasteiger partial charge on any atom is -0.465 e. The van der Waals surface area contributed by atoms with Crippen molar-refractivity contribution in [2.24, 2.45) is 0 Å². The highest BCUT2D eigenvalue weighted by Gasteiger charge is 2.17. The third-order valence-corrected chi connectivity index (χ3v) is 3.41. The summed E-state index contributed by atoms with van der Waals surface area (Å²) in [6.07, 6.45) is 0.908. The van der Waals surface area contributed by atoms with Gasteiger partial charge in [0.1, 0.15) is 4.88 Å². The highest BCUT2D eigenvalue weighted by atomic mass is 32.1. The highest BCUT2D eigenvalue weighted by Crippen LogP contribution is 2.21. The van der Waals surface area contributed by atoms with Gasteiger partial charge in [-0.3, -0.25) is 0 Å². The molecule has 0 bridgehead atoms. The van der Waals surface area contributed by atoms with Crippen molar-refractivity contribution in [2.75, 3.05) is 14.2 Å². The lowest BCUT2D eigenvalue weighted by atomic mass is 10.0. The van der Waals surface area contributed by atoms with Gasteiger partial charge in [0.25, 0.3) is 0 Å². The second kappa shape index (κ2) is 4.77. The molecule has 0 saturated carbocycles. The van der Waals surface area contributed by atoms with E-state index in [2.05, 4.69) is 23.9 Å². The fourth-order valence-electron chi connectivity index (χ4n) is 1.21. The van der Waals surface area contributed by atoms with Crippen LogP contribution in [0.1, 0.15) is 28.4 Å². The zero-order valence-corrected chi connectivity index (χ0v) is 10.4. The summed E-state index contributed by atoms with van der Waals surface area (Å²) < 4.78 is 4.66. The molecule has 4 heteroatoms. The molecule has 0 atom stereocenters. The van der Waals surface area contributed by atoms with Crippen molar-refractivity contribution in [1.29, 1.82) is 0 Å². The van der Waals surface area contributed by atoms with E-state index >= 15 is 0 Å². The molecule has 0 radical (unpaired) electrons. The van der Waals surface area contributed by atoms with E-state index in [-0.39, 0.29) is 11.5 Å². The summed E-state index contributed by atoms with van der Waals surface area (Å²) in [5.41, 5.74) is 0.0538. The van der Waals surface area contributed by atoms with Crippen molar-refractivity contribution < 1.29 is 9.53 Å². The van der Waals surface area contributed by atoms with Crippen LogP contribution in [0.15, 0.2) is 12.1 Å². The molecule has 0 saturated heterocycles. The van der Waals surface area contributed by atoms with Crippen molar-refractivity contribution in [3.05, 3.63) is 21.9 Å². The van der Waals surface area contributed by atoms with Crippen LogP contribution in [-0.2, 0) is 11.2 Å². The lowest BCUT2D eigenvalue weighted by Crippen LogP contribution is -2.38. The molecule has 0 aliphatic heterocycles. The summed E-state index contributed by atoms with van der Waals surface area (Å²) >= 11 is 1.49. The number of nitrogens with one attached hydrogen (secondary N) is 1. The first-order chi connectivity index (χ1) is 6.98. The maximum absolute atomic E-state index is 11.2. The molecular formula is C11H17NO2S. The molecule has 1 aromatic rings. The fourth-order valence-corrected chi connectivity index (χ4v) is 2.36. The molecule has 15 heavy (non-hydrogen) atoms. The summed E-state index contributed by atoms with van der Waals surface area (Å²) in [6.45, 7) is 4.26. The van der Waals surface area contributed by atoms with E-state index < -0.39 is 0 Å². The van der Waals surface area contributed by atoms with Crippen LogP contribution in [0.2, 0.25) is 0 Å². The second-order valence-electron chi connectivity index (χ2n) is 4.07. The first kappa shape index (κ1) is 12.2. The highest BCUT2D eigenvalue weighted by molar-refractivity contribution is 7.13. The van der Waals surface area contributed by atoms with E-state index in [1.165, 1.54) is 23.3 Å². The van der Waals surface area contributed by atoms with Crippen molar-refractivity contribution >= 4 is 17.3 Å². The summed E-state index contributed by atoms with van der Waals surface area (Å²) in [7, 11) is 3.34. The largest absolute Gasteiger partial charge is 0.465 e. The molecule has 0 amide bonds. The third-order valence-electron chi connectivity index (χ3n) is 2.34. The Kier molecular flexibility index (Phi) is 3.88. The maximum atomic E-state index is 11.2. The fraction of sp³-hybridized carbons (Fsp3) is 0.545. The molecule has 84 valence electrons. The lowest BCUT2D eigenvalue weighted by molar-refractivity contribution is 0.0606. The standard InChI is InChI=1S/C11H17NO2S/c1-11(2,12-3)7-8-5-6-9(15-8)10(13)14-4/h5-6,12H,7H2,1-4H3. The normalized spacial score (nSPS) is 11.5. The zero-order chi connectivity index (χ0) is 11.5. The van der Waals surface area contributed by atoms with E-state index in [1.807, 2.05) is 19.2 Å². The van der Waals surface area contributed by atoms with Crippen molar-refractivity contribution in [1.82, 2.24) is 5.32 Å². The molecule has 1 N–H and O–H groups in total. The van der Waals surface area contributed by atoms with E-state index in [4.69, 9.17) is 0 Å². The Morgan fingerprint density at radius 2 is 2.20 bits per heavy atom. The molecule has 0 unspecified atom stereocenters. The van der Waals surface area contributed by atoms with Gasteiger partial charge in [0.2, 0.25) is 0 Å².